The van der Waals surface area contributed by atoms with Gasteiger partial charge in [-0.15, -0.1) is 0 Å². The number of likely N-dealkylation sites (tertiary alicyclic amines) is 1. The van der Waals surface area contributed by atoms with Crippen LogP contribution in [0.4, 0.5) is 0 Å². The van der Waals surface area contributed by atoms with Crippen molar-refractivity contribution in [3.8, 4) is 6.07 Å². The Hall–Kier alpha value is -1.08. The van der Waals surface area contributed by atoms with Crippen molar-refractivity contribution in [1.29, 1.82) is 5.26 Å². The van der Waals surface area contributed by atoms with Gasteiger partial charge in [-0.1, -0.05) is 19.3 Å². The van der Waals surface area contributed by atoms with E-state index < -0.39 is 0 Å². The van der Waals surface area contributed by atoms with Crippen molar-refractivity contribution in [2.24, 2.45) is 0 Å². The van der Waals surface area contributed by atoms with Crippen LogP contribution in [0.1, 0.15) is 57.8 Å². The van der Waals surface area contributed by atoms with E-state index in [0.717, 1.165) is 32.2 Å². The minimum Gasteiger partial charge on any atom is -0.325 e. The number of nitrogens with one attached hydrogen (secondary N) is 1. The average molecular weight is 261 g/mol. The fraction of sp³-hybridized carbons (Fsp3) is 0.867. The normalized spacial score (nSPS) is 33.5. The van der Waals surface area contributed by atoms with Gasteiger partial charge in [-0.3, -0.25) is 4.79 Å². The van der Waals surface area contributed by atoms with E-state index in [1.807, 2.05) is 0 Å². The van der Waals surface area contributed by atoms with Gasteiger partial charge in [0.1, 0.15) is 6.04 Å². The summed E-state index contributed by atoms with van der Waals surface area (Å²) >= 11 is 0. The number of amides is 1. The van der Waals surface area contributed by atoms with Gasteiger partial charge in [0, 0.05) is 12.1 Å². The first-order valence-corrected chi connectivity index (χ1v) is 7.72. The molecule has 1 saturated carbocycles. The molecule has 0 aromatic heterocycles. The van der Waals surface area contributed by atoms with E-state index in [2.05, 4.69) is 11.4 Å². The van der Waals surface area contributed by atoms with Crippen molar-refractivity contribution in [3.63, 3.8) is 0 Å². The van der Waals surface area contributed by atoms with Gasteiger partial charge in [0.2, 0.25) is 5.91 Å². The number of nitrogens with zero attached hydrogens (tertiary/aromatic N) is 2. The first-order valence-electron chi connectivity index (χ1n) is 7.72. The van der Waals surface area contributed by atoms with E-state index >= 15 is 0 Å². The molecule has 3 aliphatic rings. The minimum atomic E-state index is -0.183. The maximum atomic E-state index is 12.6. The smallest absolute Gasteiger partial charge is 0.240 e. The highest BCUT2D eigenvalue weighted by Crippen LogP contribution is 2.37. The molecule has 1 N–H and O–H groups in total. The lowest BCUT2D eigenvalue weighted by atomic mass is 9.81. The average Bonchev–Trinajstić information content (AvgIpc) is 3.06. The van der Waals surface area contributed by atoms with Crippen molar-refractivity contribution in [2.45, 2.75) is 75.4 Å². The van der Waals surface area contributed by atoms with E-state index in [-0.39, 0.29) is 23.5 Å². The zero-order valence-electron chi connectivity index (χ0n) is 11.5. The largest absolute Gasteiger partial charge is 0.325 e. The predicted octanol–water partition coefficient (Wildman–Crippen LogP) is 1.96. The number of carbonyl (C=O) groups excluding carboxylic acids is 1. The summed E-state index contributed by atoms with van der Waals surface area (Å²) in [5.41, 5.74) is 0.237. The maximum Gasteiger partial charge on any atom is 0.240 e. The standard InChI is InChI=1S/C15H23N3O/c16-11-12-5-4-10-18(12)14(19)13-6-9-15(17-13)7-2-1-3-8-15/h12-13,17H,1-10H2/t12-,13?/m0/s1. The lowest BCUT2D eigenvalue weighted by Gasteiger charge is -2.35. The third kappa shape index (κ3) is 2.36. The van der Waals surface area contributed by atoms with E-state index in [1.165, 1.54) is 32.1 Å². The number of hydrogen-bond donors (Lipinski definition) is 1. The topological polar surface area (TPSA) is 56.1 Å². The van der Waals surface area contributed by atoms with E-state index in [9.17, 15) is 4.79 Å². The predicted molar refractivity (Wildman–Crippen MR) is 72.3 cm³/mol. The fourth-order valence-electron chi connectivity index (χ4n) is 4.11. The van der Waals surface area contributed by atoms with Gasteiger partial charge in [0.15, 0.2) is 0 Å². The van der Waals surface area contributed by atoms with Crippen LogP contribution in [0.2, 0.25) is 0 Å². The SMILES string of the molecule is N#C[C@@H]1CCCN1C(=O)C1CCC2(CCCCC2)N1. The van der Waals surface area contributed by atoms with Crippen LogP contribution in [-0.4, -0.2) is 35.0 Å². The van der Waals surface area contributed by atoms with Crippen LogP contribution in [0.25, 0.3) is 0 Å². The quantitative estimate of drug-likeness (QED) is 0.785. The summed E-state index contributed by atoms with van der Waals surface area (Å²) in [7, 11) is 0. The molecule has 2 atom stereocenters. The highest BCUT2D eigenvalue weighted by Gasteiger charge is 2.44. The van der Waals surface area contributed by atoms with Crippen LogP contribution >= 0.6 is 0 Å². The monoisotopic (exact) mass is 261 g/mol. The van der Waals surface area contributed by atoms with Crippen LogP contribution in [0.3, 0.4) is 0 Å². The van der Waals surface area contributed by atoms with Gasteiger partial charge < -0.3 is 10.2 Å². The van der Waals surface area contributed by atoms with Gasteiger partial charge in [0.25, 0.3) is 0 Å². The second kappa shape index (κ2) is 5.13. The zero-order valence-corrected chi connectivity index (χ0v) is 11.5. The Kier molecular flexibility index (Phi) is 3.49. The number of hydrogen-bond acceptors (Lipinski definition) is 3. The minimum absolute atomic E-state index is 0.0351. The molecule has 4 heteroatoms. The van der Waals surface area contributed by atoms with Gasteiger partial charge >= 0.3 is 0 Å². The van der Waals surface area contributed by atoms with E-state index in [1.54, 1.807) is 4.90 Å². The molecular formula is C15H23N3O. The summed E-state index contributed by atoms with van der Waals surface area (Å²) in [4.78, 5) is 14.4. The van der Waals surface area contributed by atoms with Gasteiger partial charge in [0.05, 0.1) is 12.1 Å². The Morgan fingerprint density at radius 1 is 1.16 bits per heavy atom. The zero-order chi connectivity index (χ0) is 13.3. The van der Waals surface area contributed by atoms with E-state index in [0.29, 0.717) is 0 Å². The van der Waals surface area contributed by atoms with Crippen molar-refractivity contribution in [3.05, 3.63) is 0 Å². The second-order valence-corrected chi connectivity index (χ2v) is 6.40. The maximum absolute atomic E-state index is 12.6. The Bertz CT molecular complexity index is 395. The van der Waals surface area contributed by atoms with Gasteiger partial charge in [-0.2, -0.15) is 5.26 Å². The highest BCUT2D eigenvalue weighted by molar-refractivity contribution is 5.83. The molecule has 1 unspecified atom stereocenters. The summed E-state index contributed by atoms with van der Waals surface area (Å²) in [6.07, 6.45) is 10.3. The molecule has 0 aromatic rings. The Balaban J connectivity index is 1.64. The molecule has 4 nitrogen and oxygen atoms in total. The molecule has 0 bridgehead atoms. The summed E-state index contributed by atoms with van der Waals surface area (Å²) in [5.74, 6) is 0.173. The summed E-state index contributed by atoms with van der Waals surface area (Å²) in [6, 6.07) is 2.05. The number of nitriles is 1. The van der Waals surface area contributed by atoms with E-state index in [4.69, 9.17) is 5.26 Å². The number of rotatable bonds is 1. The fourth-order valence-corrected chi connectivity index (χ4v) is 4.11. The lowest BCUT2D eigenvalue weighted by Crippen LogP contribution is -2.51. The van der Waals surface area contributed by atoms with Gasteiger partial charge in [-0.05, 0) is 38.5 Å². The van der Waals surface area contributed by atoms with Crippen LogP contribution < -0.4 is 5.32 Å². The van der Waals surface area contributed by atoms with Crippen molar-refractivity contribution in [1.82, 2.24) is 10.2 Å². The molecule has 1 spiro atoms. The Morgan fingerprint density at radius 2 is 1.95 bits per heavy atom. The first-order chi connectivity index (χ1) is 9.24. The van der Waals surface area contributed by atoms with Crippen LogP contribution in [0, 0.1) is 11.3 Å². The molecule has 0 radical (unpaired) electrons. The molecule has 3 rings (SSSR count). The molecule has 3 fully saturated rings. The molecule has 0 aromatic carbocycles. The first kappa shape index (κ1) is 12.9. The van der Waals surface area contributed by atoms with Crippen molar-refractivity contribution >= 4 is 5.91 Å². The van der Waals surface area contributed by atoms with Crippen LogP contribution in [0.15, 0.2) is 0 Å². The summed E-state index contributed by atoms with van der Waals surface area (Å²) < 4.78 is 0. The molecule has 1 aliphatic carbocycles. The molecule has 2 saturated heterocycles. The molecule has 2 heterocycles. The Morgan fingerprint density at radius 3 is 2.68 bits per heavy atom. The third-order valence-electron chi connectivity index (χ3n) is 5.19. The molecule has 2 aliphatic heterocycles. The number of carbonyl (C=O) groups is 1. The molecule has 104 valence electrons. The van der Waals surface area contributed by atoms with Crippen molar-refractivity contribution in [2.75, 3.05) is 6.54 Å². The summed E-state index contributed by atoms with van der Waals surface area (Å²) in [5, 5.41) is 12.7. The van der Waals surface area contributed by atoms with Gasteiger partial charge in [-0.25, -0.2) is 0 Å². The van der Waals surface area contributed by atoms with Crippen LogP contribution in [-0.2, 0) is 4.79 Å². The Labute approximate surface area is 115 Å². The summed E-state index contributed by atoms with van der Waals surface area (Å²) in [6.45, 7) is 0.766. The van der Waals surface area contributed by atoms with Crippen molar-refractivity contribution < 1.29 is 4.79 Å². The second-order valence-electron chi connectivity index (χ2n) is 6.40. The van der Waals surface area contributed by atoms with Crippen LogP contribution in [0.5, 0.6) is 0 Å². The third-order valence-corrected chi connectivity index (χ3v) is 5.19. The highest BCUT2D eigenvalue weighted by atomic mass is 16.2. The molecule has 19 heavy (non-hydrogen) atoms. The molecule has 1 amide bonds. The molecular weight excluding hydrogens is 238 g/mol. The lowest BCUT2D eigenvalue weighted by molar-refractivity contribution is -0.133.